The van der Waals surface area contributed by atoms with Gasteiger partial charge in [-0.25, -0.2) is 4.98 Å². The lowest BCUT2D eigenvalue weighted by Gasteiger charge is -2.13. The molecule has 3 nitrogen and oxygen atoms in total. The molecular formula is C14H17N3. The highest BCUT2D eigenvalue weighted by Crippen LogP contribution is 2.19. The van der Waals surface area contributed by atoms with E-state index in [-0.39, 0.29) is 0 Å². The summed E-state index contributed by atoms with van der Waals surface area (Å²) in [5.74, 6) is 0.792. The Hall–Kier alpha value is -1.82. The molecule has 0 fully saturated rings. The van der Waals surface area contributed by atoms with Gasteiger partial charge < -0.3 is 5.32 Å². The third-order valence-corrected chi connectivity index (χ3v) is 3.03. The van der Waals surface area contributed by atoms with Crippen LogP contribution in [0.15, 0.2) is 30.0 Å². The minimum Gasteiger partial charge on any atom is -0.370 e. The Kier molecular flexibility index (Phi) is 4.15. The van der Waals surface area contributed by atoms with Gasteiger partial charge in [0.2, 0.25) is 0 Å². The lowest BCUT2D eigenvalue weighted by Crippen LogP contribution is -2.05. The fraction of sp³-hybridized carbons (Fsp3) is 0.429. The summed E-state index contributed by atoms with van der Waals surface area (Å²) in [6.07, 6.45) is 10.3. The molecule has 0 radical (unpaired) electrons. The van der Waals surface area contributed by atoms with E-state index in [1.54, 1.807) is 23.9 Å². The number of hydrogen-bond donors (Lipinski definition) is 1. The van der Waals surface area contributed by atoms with Crippen molar-refractivity contribution >= 4 is 5.82 Å². The summed E-state index contributed by atoms with van der Waals surface area (Å²) >= 11 is 0. The molecule has 1 heterocycles. The number of nitrogens with one attached hydrogen (secondary N) is 1. The summed E-state index contributed by atoms with van der Waals surface area (Å²) in [4.78, 5) is 4.19. The SMILES string of the molecule is N#Cc1ccnc(NCCC2=CCCCC2)c1. The molecule has 0 bridgehead atoms. The van der Waals surface area contributed by atoms with Crippen molar-refractivity contribution in [2.24, 2.45) is 0 Å². The van der Waals surface area contributed by atoms with Gasteiger partial charge in [0.25, 0.3) is 0 Å². The minimum absolute atomic E-state index is 0.652. The minimum atomic E-state index is 0.652. The van der Waals surface area contributed by atoms with Crippen LogP contribution in [0.3, 0.4) is 0 Å². The molecule has 0 aliphatic heterocycles. The zero-order valence-electron chi connectivity index (χ0n) is 9.95. The lowest BCUT2D eigenvalue weighted by atomic mass is 9.97. The van der Waals surface area contributed by atoms with Crippen molar-refractivity contribution < 1.29 is 0 Å². The number of nitriles is 1. The van der Waals surface area contributed by atoms with E-state index in [2.05, 4.69) is 22.4 Å². The first kappa shape index (κ1) is 11.7. The number of allylic oxidation sites excluding steroid dienone is 1. The van der Waals surface area contributed by atoms with Crippen LogP contribution in [0.25, 0.3) is 0 Å². The molecule has 0 saturated heterocycles. The van der Waals surface area contributed by atoms with E-state index in [0.717, 1.165) is 18.8 Å². The molecule has 0 saturated carbocycles. The highest BCUT2D eigenvalue weighted by molar-refractivity contribution is 5.42. The van der Waals surface area contributed by atoms with Crippen molar-refractivity contribution in [1.82, 2.24) is 4.98 Å². The van der Waals surface area contributed by atoms with Crippen molar-refractivity contribution in [3.8, 4) is 6.07 Å². The molecule has 88 valence electrons. The maximum absolute atomic E-state index is 8.78. The number of aromatic nitrogens is 1. The van der Waals surface area contributed by atoms with Gasteiger partial charge in [-0.05, 0) is 44.2 Å². The van der Waals surface area contributed by atoms with Gasteiger partial charge in [-0.2, -0.15) is 5.26 Å². The molecule has 1 N–H and O–H groups in total. The van der Waals surface area contributed by atoms with Gasteiger partial charge in [-0.1, -0.05) is 11.6 Å². The Bertz CT molecular complexity index is 443. The second-order valence-corrected chi connectivity index (χ2v) is 4.33. The van der Waals surface area contributed by atoms with Gasteiger partial charge >= 0.3 is 0 Å². The Morgan fingerprint density at radius 1 is 1.41 bits per heavy atom. The van der Waals surface area contributed by atoms with Crippen LogP contribution in [0.4, 0.5) is 5.82 Å². The number of anilines is 1. The maximum atomic E-state index is 8.78. The van der Waals surface area contributed by atoms with Crippen LogP contribution < -0.4 is 5.32 Å². The van der Waals surface area contributed by atoms with E-state index >= 15 is 0 Å². The summed E-state index contributed by atoms with van der Waals surface area (Å²) in [6, 6.07) is 5.62. The van der Waals surface area contributed by atoms with Crippen LogP contribution in [-0.2, 0) is 0 Å². The van der Waals surface area contributed by atoms with E-state index in [1.165, 1.54) is 25.7 Å². The average molecular weight is 227 g/mol. The first-order valence-electron chi connectivity index (χ1n) is 6.16. The Balaban J connectivity index is 1.81. The van der Waals surface area contributed by atoms with Gasteiger partial charge in [0.1, 0.15) is 5.82 Å². The zero-order valence-corrected chi connectivity index (χ0v) is 9.95. The first-order chi connectivity index (χ1) is 8.38. The Labute approximate surface area is 102 Å². The molecule has 1 aromatic heterocycles. The van der Waals surface area contributed by atoms with Crippen molar-refractivity contribution in [2.45, 2.75) is 32.1 Å². The number of hydrogen-bond acceptors (Lipinski definition) is 3. The van der Waals surface area contributed by atoms with Crippen molar-refractivity contribution in [3.05, 3.63) is 35.5 Å². The number of pyridine rings is 1. The van der Waals surface area contributed by atoms with Crippen LogP contribution in [0, 0.1) is 11.3 Å². The fourth-order valence-electron chi connectivity index (χ4n) is 2.08. The molecular weight excluding hydrogens is 210 g/mol. The standard InChI is InChI=1S/C14H17N3/c15-11-13-7-9-17-14(10-13)16-8-6-12-4-2-1-3-5-12/h4,7,9-10H,1-3,5-6,8H2,(H,16,17). The molecule has 1 aliphatic rings. The van der Waals surface area contributed by atoms with Crippen LogP contribution in [0.5, 0.6) is 0 Å². The summed E-state index contributed by atoms with van der Waals surface area (Å²) in [5, 5.41) is 12.0. The lowest BCUT2D eigenvalue weighted by molar-refractivity contribution is 0.679. The Morgan fingerprint density at radius 2 is 2.35 bits per heavy atom. The molecule has 0 spiro atoms. The third-order valence-electron chi connectivity index (χ3n) is 3.03. The van der Waals surface area contributed by atoms with Gasteiger partial charge in [0.15, 0.2) is 0 Å². The number of rotatable bonds is 4. The van der Waals surface area contributed by atoms with Crippen molar-refractivity contribution in [3.63, 3.8) is 0 Å². The molecule has 0 aromatic carbocycles. The molecule has 0 amide bonds. The molecule has 1 aliphatic carbocycles. The van der Waals surface area contributed by atoms with Crippen LogP contribution in [0.1, 0.15) is 37.7 Å². The summed E-state index contributed by atoms with van der Waals surface area (Å²) in [6.45, 7) is 0.897. The smallest absolute Gasteiger partial charge is 0.127 e. The second-order valence-electron chi connectivity index (χ2n) is 4.33. The second kappa shape index (κ2) is 6.05. The van der Waals surface area contributed by atoms with Gasteiger partial charge in [-0.3, -0.25) is 0 Å². The van der Waals surface area contributed by atoms with Crippen LogP contribution in [0.2, 0.25) is 0 Å². The summed E-state index contributed by atoms with van der Waals surface area (Å²) in [7, 11) is 0. The molecule has 1 aromatic rings. The monoisotopic (exact) mass is 227 g/mol. The predicted octanol–water partition coefficient (Wildman–Crippen LogP) is 3.26. The third kappa shape index (κ3) is 3.60. The highest BCUT2D eigenvalue weighted by Gasteiger charge is 2.03. The van der Waals surface area contributed by atoms with E-state index in [4.69, 9.17) is 5.26 Å². The van der Waals surface area contributed by atoms with E-state index in [1.807, 2.05) is 0 Å². The molecule has 2 rings (SSSR count). The van der Waals surface area contributed by atoms with Gasteiger partial charge in [-0.15, -0.1) is 0 Å². The predicted molar refractivity (Wildman–Crippen MR) is 68.6 cm³/mol. The average Bonchev–Trinajstić information content (AvgIpc) is 2.40. The topological polar surface area (TPSA) is 48.7 Å². The largest absolute Gasteiger partial charge is 0.370 e. The molecule has 0 atom stereocenters. The summed E-state index contributed by atoms with van der Waals surface area (Å²) in [5.41, 5.74) is 2.21. The van der Waals surface area contributed by atoms with E-state index in [9.17, 15) is 0 Å². The van der Waals surface area contributed by atoms with Crippen molar-refractivity contribution in [1.29, 1.82) is 5.26 Å². The van der Waals surface area contributed by atoms with Gasteiger partial charge in [0, 0.05) is 12.7 Å². The van der Waals surface area contributed by atoms with E-state index < -0.39 is 0 Å². The zero-order chi connectivity index (χ0) is 11.9. The van der Waals surface area contributed by atoms with Gasteiger partial charge in [0.05, 0.1) is 11.6 Å². The quantitative estimate of drug-likeness (QED) is 0.803. The van der Waals surface area contributed by atoms with Crippen molar-refractivity contribution in [2.75, 3.05) is 11.9 Å². The highest BCUT2D eigenvalue weighted by atomic mass is 15.0. The molecule has 17 heavy (non-hydrogen) atoms. The summed E-state index contributed by atoms with van der Waals surface area (Å²) < 4.78 is 0. The van der Waals surface area contributed by atoms with Crippen LogP contribution >= 0.6 is 0 Å². The Morgan fingerprint density at radius 3 is 3.12 bits per heavy atom. The molecule has 0 unspecified atom stereocenters. The fourth-order valence-corrected chi connectivity index (χ4v) is 2.08. The number of nitrogens with zero attached hydrogens (tertiary/aromatic N) is 2. The van der Waals surface area contributed by atoms with Crippen LogP contribution in [-0.4, -0.2) is 11.5 Å². The van der Waals surface area contributed by atoms with E-state index in [0.29, 0.717) is 5.56 Å². The molecule has 3 heteroatoms. The maximum Gasteiger partial charge on any atom is 0.127 e. The normalized spacial score (nSPS) is 14.9. The first-order valence-corrected chi connectivity index (χ1v) is 6.16.